The molecule has 0 radical (unpaired) electrons. The highest BCUT2D eigenvalue weighted by Crippen LogP contribution is 2.50. The van der Waals surface area contributed by atoms with Crippen molar-refractivity contribution < 1.29 is 13.6 Å². The Morgan fingerprint density at radius 1 is 1.09 bits per heavy atom. The lowest BCUT2D eigenvalue weighted by atomic mass is 9.89. The van der Waals surface area contributed by atoms with Crippen molar-refractivity contribution in [1.29, 1.82) is 0 Å². The fraction of sp³-hybridized carbons (Fsp3) is 0.226. The van der Waals surface area contributed by atoms with Crippen LogP contribution < -0.4 is 21.3 Å². The monoisotopic (exact) mass is 596 g/mol. The van der Waals surface area contributed by atoms with Gasteiger partial charge in [0.25, 0.3) is 0 Å². The summed E-state index contributed by atoms with van der Waals surface area (Å²) in [4.78, 5) is 28.5. The summed E-state index contributed by atoms with van der Waals surface area (Å²) in [6, 6.07) is 4.85. The number of hydrogen-bond acceptors (Lipinski definition) is 9. The summed E-state index contributed by atoms with van der Waals surface area (Å²) in [5.41, 5.74) is 7.16. The number of carbonyl (C=O) groups is 1. The van der Waals surface area contributed by atoms with Crippen LogP contribution in [0, 0.1) is 10.9 Å². The Labute approximate surface area is 249 Å². The molecule has 0 spiro atoms. The smallest absolute Gasteiger partial charge is 0.224 e. The summed E-state index contributed by atoms with van der Waals surface area (Å²) < 4.78 is 30.6. The van der Waals surface area contributed by atoms with Crippen molar-refractivity contribution in [2.24, 2.45) is 0 Å². The standard InChI is InChI=1S/C31H26F2N8OS/c1-2-3-24(42)37-16-8-15(10-34-11-16)29-28(33)26-20(14-36-29)39-31-30(40-31)27(26)18-9-21(41-6-7-41)25-17(12-35-13-19(25)38-18)22-4-5-23(32)43-22/h4-5,8-14,21,31,38-40H,2-3,6-7H2,1H3,(H,37,42). The molecule has 12 heteroatoms. The van der Waals surface area contributed by atoms with Gasteiger partial charge in [-0.1, -0.05) is 6.92 Å². The summed E-state index contributed by atoms with van der Waals surface area (Å²) >= 11 is 1.10. The molecule has 8 heterocycles. The minimum Gasteiger partial charge on any atom is -0.360 e. The average molecular weight is 597 g/mol. The molecule has 0 aliphatic carbocycles. The van der Waals surface area contributed by atoms with Crippen molar-refractivity contribution in [2.75, 3.05) is 29.0 Å². The van der Waals surface area contributed by atoms with Crippen LogP contribution >= 0.6 is 11.3 Å². The number of fused-ring (bicyclic) bond motifs is 3. The average Bonchev–Trinajstić information content (AvgIpc) is 3.93. The minimum atomic E-state index is -0.490. The number of thiophene rings is 1. The van der Waals surface area contributed by atoms with Crippen LogP contribution in [0.15, 0.2) is 66.7 Å². The van der Waals surface area contributed by atoms with E-state index in [0.717, 1.165) is 69.5 Å². The van der Waals surface area contributed by atoms with Crippen molar-refractivity contribution in [2.45, 2.75) is 32.0 Å². The summed E-state index contributed by atoms with van der Waals surface area (Å²) in [5, 5.41) is 12.8. The third-order valence-corrected chi connectivity index (χ3v) is 8.88. The molecule has 1 amide bonds. The fourth-order valence-corrected chi connectivity index (χ4v) is 6.64. The number of anilines is 3. The van der Waals surface area contributed by atoms with Gasteiger partial charge in [-0.2, -0.15) is 4.39 Å². The molecule has 4 N–H and O–H groups in total. The number of amides is 1. The van der Waals surface area contributed by atoms with E-state index in [2.05, 4.69) is 47.2 Å². The molecule has 0 saturated carbocycles. The summed E-state index contributed by atoms with van der Waals surface area (Å²) in [5.74, 6) is -0.614. The van der Waals surface area contributed by atoms with Crippen LogP contribution in [0.4, 0.5) is 25.8 Å². The van der Waals surface area contributed by atoms with Gasteiger partial charge in [0.05, 0.1) is 47.4 Å². The second-order valence-corrected chi connectivity index (χ2v) is 12.0. The topological polar surface area (TPSA) is 117 Å². The van der Waals surface area contributed by atoms with Gasteiger partial charge in [0.1, 0.15) is 11.9 Å². The van der Waals surface area contributed by atoms with Crippen molar-refractivity contribution >= 4 is 39.9 Å². The second kappa shape index (κ2) is 9.96. The molecule has 4 aliphatic rings. The van der Waals surface area contributed by atoms with Gasteiger partial charge in [-0.05, 0) is 30.7 Å². The van der Waals surface area contributed by atoms with Gasteiger partial charge < -0.3 is 21.3 Å². The molecule has 4 aromatic heterocycles. The number of allylic oxidation sites excluding steroid dienone is 1. The van der Waals surface area contributed by atoms with Crippen molar-refractivity contribution in [3.63, 3.8) is 0 Å². The Balaban J connectivity index is 1.21. The maximum atomic E-state index is 16.6. The van der Waals surface area contributed by atoms with Crippen LogP contribution in [0.5, 0.6) is 0 Å². The van der Waals surface area contributed by atoms with Gasteiger partial charge in [0, 0.05) is 70.3 Å². The molecule has 4 aliphatic heterocycles. The van der Waals surface area contributed by atoms with E-state index >= 15 is 4.39 Å². The van der Waals surface area contributed by atoms with E-state index in [1.54, 1.807) is 36.9 Å². The van der Waals surface area contributed by atoms with Gasteiger partial charge in [-0.15, -0.1) is 11.3 Å². The van der Waals surface area contributed by atoms with Crippen LogP contribution in [0.25, 0.3) is 27.3 Å². The zero-order chi connectivity index (χ0) is 29.2. The lowest BCUT2D eigenvalue weighted by molar-refractivity contribution is -0.116. The van der Waals surface area contributed by atoms with E-state index in [1.165, 1.54) is 12.3 Å². The molecule has 8 rings (SSSR count). The van der Waals surface area contributed by atoms with E-state index in [0.29, 0.717) is 28.9 Å². The maximum Gasteiger partial charge on any atom is 0.224 e. The van der Waals surface area contributed by atoms with Gasteiger partial charge in [0.15, 0.2) is 10.9 Å². The van der Waals surface area contributed by atoms with E-state index in [9.17, 15) is 9.18 Å². The van der Waals surface area contributed by atoms with Crippen LogP contribution in [0.3, 0.4) is 0 Å². The number of nitrogens with one attached hydrogen (secondary N) is 4. The second-order valence-electron chi connectivity index (χ2n) is 10.9. The van der Waals surface area contributed by atoms with Crippen molar-refractivity contribution in [3.8, 4) is 21.7 Å². The molecule has 4 aromatic rings. The molecular weight excluding hydrogens is 570 g/mol. The molecule has 2 fully saturated rings. The van der Waals surface area contributed by atoms with E-state index in [-0.39, 0.29) is 28.9 Å². The van der Waals surface area contributed by atoms with Crippen LogP contribution in [0.2, 0.25) is 0 Å². The first-order valence-electron chi connectivity index (χ1n) is 14.2. The lowest BCUT2D eigenvalue weighted by Gasteiger charge is -2.30. The third-order valence-electron chi connectivity index (χ3n) is 7.98. The highest BCUT2D eigenvalue weighted by Gasteiger charge is 2.43. The van der Waals surface area contributed by atoms with E-state index in [4.69, 9.17) is 0 Å². The number of hydrogen-bond donors (Lipinski definition) is 4. The fourth-order valence-electron chi connectivity index (χ4n) is 5.88. The molecule has 2 atom stereocenters. The van der Waals surface area contributed by atoms with Gasteiger partial charge in [-0.25, -0.2) is 4.39 Å². The minimum absolute atomic E-state index is 0.0879. The molecular formula is C31H26F2N8OS. The Morgan fingerprint density at radius 2 is 1.95 bits per heavy atom. The number of nitrogens with zero attached hydrogens (tertiary/aromatic N) is 4. The third kappa shape index (κ3) is 4.54. The Bertz CT molecular complexity index is 1880. The van der Waals surface area contributed by atoms with Gasteiger partial charge in [-0.3, -0.25) is 24.6 Å². The number of rotatable bonds is 7. The quantitative estimate of drug-likeness (QED) is 0.200. The SMILES string of the molecule is CCCC(=O)Nc1cncc(-c2ncc3c(c2F)C(C2=CC(N4CC4)c4c(cncc4-c4ccc(F)s4)N2)=C2NC2N3)c1. The molecule has 216 valence electrons. The predicted octanol–water partition coefficient (Wildman–Crippen LogP) is 5.72. The first kappa shape index (κ1) is 26.0. The Morgan fingerprint density at radius 3 is 2.74 bits per heavy atom. The Kier molecular flexibility index (Phi) is 6.02. The molecule has 2 unspecified atom stereocenters. The molecule has 0 aromatic carbocycles. The number of carbonyl (C=O) groups excluding carboxylic acids is 1. The maximum absolute atomic E-state index is 16.6. The number of aromatic nitrogens is 3. The number of pyridine rings is 3. The largest absolute Gasteiger partial charge is 0.360 e. The zero-order valence-corrected chi connectivity index (χ0v) is 23.9. The predicted molar refractivity (Wildman–Crippen MR) is 162 cm³/mol. The highest BCUT2D eigenvalue weighted by atomic mass is 32.1. The summed E-state index contributed by atoms with van der Waals surface area (Å²) in [6.45, 7) is 3.79. The lowest BCUT2D eigenvalue weighted by Crippen LogP contribution is -2.22. The zero-order valence-electron chi connectivity index (χ0n) is 23.0. The van der Waals surface area contributed by atoms with E-state index in [1.807, 2.05) is 6.92 Å². The number of halogens is 2. The first-order valence-corrected chi connectivity index (χ1v) is 15.0. The van der Waals surface area contributed by atoms with E-state index < -0.39 is 5.82 Å². The van der Waals surface area contributed by atoms with Gasteiger partial charge in [0.2, 0.25) is 5.91 Å². The van der Waals surface area contributed by atoms with Crippen molar-refractivity contribution in [1.82, 2.24) is 25.2 Å². The van der Waals surface area contributed by atoms with Crippen molar-refractivity contribution in [3.05, 3.63) is 88.7 Å². The molecule has 9 nitrogen and oxygen atoms in total. The molecule has 43 heavy (non-hydrogen) atoms. The van der Waals surface area contributed by atoms with Crippen LogP contribution in [-0.4, -0.2) is 45.0 Å². The first-order chi connectivity index (χ1) is 21.0. The molecule has 2 saturated heterocycles. The molecule has 0 bridgehead atoms. The Hall–Kier alpha value is -4.68. The van der Waals surface area contributed by atoms with Crippen LogP contribution in [-0.2, 0) is 4.79 Å². The van der Waals surface area contributed by atoms with Gasteiger partial charge >= 0.3 is 0 Å². The normalized spacial score (nSPS) is 19.7. The highest BCUT2D eigenvalue weighted by molar-refractivity contribution is 7.13. The van der Waals surface area contributed by atoms with Crippen LogP contribution in [0.1, 0.15) is 36.9 Å². The summed E-state index contributed by atoms with van der Waals surface area (Å²) in [7, 11) is 0. The summed E-state index contributed by atoms with van der Waals surface area (Å²) in [6.07, 6.45) is 11.4.